The fraction of sp³-hybridized carbons (Fsp3) is 1.00. The molecule has 0 aromatic carbocycles. The Morgan fingerprint density at radius 2 is 0.853 bits per heavy atom. The van der Waals surface area contributed by atoms with Gasteiger partial charge in [0.25, 0.3) is 0 Å². The molecule has 204 valence electrons. The molecule has 0 aromatic heterocycles. The molecule has 1 saturated heterocycles. The fourth-order valence-corrected chi connectivity index (χ4v) is 5.90. The second-order valence-electron chi connectivity index (χ2n) is 12.6. The van der Waals surface area contributed by atoms with Crippen molar-refractivity contribution in [2.24, 2.45) is 0 Å². The second kappa shape index (κ2) is 19.1. The normalized spacial score (nSPS) is 18.5. The van der Waals surface area contributed by atoms with E-state index in [1.165, 1.54) is 133 Å². The van der Waals surface area contributed by atoms with E-state index >= 15 is 0 Å². The van der Waals surface area contributed by atoms with Crippen molar-refractivity contribution in [1.82, 2.24) is 5.06 Å². The Kier molecular flexibility index (Phi) is 17.9. The Morgan fingerprint density at radius 3 is 1.18 bits per heavy atom. The lowest BCUT2D eigenvalue weighted by atomic mass is 9.80. The van der Waals surface area contributed by atoms with Crippen molar-refractivity contribution in [3.63, 3.8) is 0 Å². The van der Waals surface area contributed by atoms with Crippen molar-refractivity contribution in [1.29, 1.82) is 0 Å². The molecule has 3 heteroatoms. The molecule has 0 bridgehead atoms. The molecule has 0 aromatic rings. The van der Waals surface area contributed by atoms with Crippen LogP contribution in [0.4, 0.5) is 0 Å². The standard InChI is InChI=1S/C31H63NO2/c1-6-7-8-9-10-11-12-13-14-15-16-17-18-19-20-21-22-23-24-25-26-34-29-27-30(2,3)32(33)31(4,5)28-29/h29,33H,6-28H2,1-5H3. The summed E-state index contributed by atoms with van der Waals surface area (Å²) in [5.74, 6) is 0. The van der Waals surface area contributed by atoms with Crippen molar-refractivity contribution >= 4 is 0 Å². The van der Waals surface area contributed by atoms with Crippen LogP contribution < -0.4 is 0 Å². The molecule has 0 amide bonds. The summed E-state index contributed by atoms with van der Waals surface area (Å²) >= 11 is 0. The fourth-order valence-electron chi connectivity index (χ4n) is 5.90. The summed E-state index contributed by atoms with van der Waals surface area (Å²) in [6, 6.07) is 0. The van der Waals surface area contributed by atoms with Crippen LogP contribution in [0.2, 0.25) is 0 Å². The Bertz CT molecular complexity index is 444. The minimum Gasteiger partial charge on any atom is -0.378 e. The maximum Gasteiger partial charge on any atom is 0.0611 e. The van der Waals surface area contributed by atoms with Gasteiger partial charge in [0.1, 0.15) is 0 Å². The maximum absolute atomic E-state index is 10.4. The number of rotatable bonds is 22. The zero-order valence-electron chi connectivity index (χ0n) is 24.1. The minimum absolute atomic E-state index is 0.209. The maximum atomic E-state index is 10.4. The summed E-state index contributed by atoms with van der Waals surface area (Å²) in [7, 11) is 0. The Balaban J connectivity index is 1.79. The predicted molar refractivity (Wildman–Crippen MR) is 149 cm³/mol. The molecule has 0 atom stereocenters. The van der Waals surface area contributed by atoms with Gasteiger partial charge in [0, 0.05) is 17.7 Å². The number of hydrogen-bond acceptors (Lipinski definition) is 3. The van der Waals surface area contributed by atoms with E-state index in [0.717, 1.165) is 19.4 Å². The van der Waals surface area contributed by atoms with Gasteiger partial charge in [-0.3, -0.25) is 0 Å². The molecule has 0 saturated carbocycles. The van der Waals surface area contributed by atoms with Crippen molar-refractivity contribution in [2.45, 2.75) is 193 Å². The number of unbranched alkanes of at least 4 members (excludes halogenated alkanes) is 19. The molecule has 0 aliphatic carbocycles. The summed E-state index contributed by atoms with van der Waals surface area (Å²) in [6.45, 7) is 11.6. The highest BCUT2D eigenvalue weighted by Crippen LogP contribution is 2.37. The number of piperidine rings is 1. The van der Waals surface area contributed by atoms with Crippen LogP contribution in [0.15, 0.2) is 0 Å². The van der Waals surface area contributed by atoms with Crippen LogP contribution in [0.25, 0.3) is 0 Å². The third-order valence-corrected chi connectivity index (χ3v) is 7.95. The first-order valence-corrected chi connectivity index (χ1v) is 15.4. The van der Waals surface area contributed by atoms with Gasteiger partial charge >= 0.3 is 0 Å². The quantitative estimate of drug-likeness (QED) is 0.156. The smallest absolute Gasteiger partial charge is 0.0611 e. The zero-order valence-corrected chi connectivity index (χ0v) is 24.1. The number of ether oxygens (including phenoxy) is 1. The van der Waals surface area contributed by atoms with Crippen LogP contribution >= 0.6 is 0 Å². The SMILES string of the molecule is CCCCCCCCCCCCCCCCCCCCCCOC1CC(C)(C)N(O)C(C)(C)C1. The van der Waals surface area contributed by atoms with Gasteiger partial charge in [-0.05, 0) is 47.0 Å². The summed E-state index contributed by atoms with van der Waals surface area (Å²) in [4.78, 5) is 0. The molecule has 0 radical (unpaired) electrons. The van der Waals surface area contributed by atoms with E-state index in [-0.39, 0.29) is 17.2 Å². The van der Waals surface area contributed by atoms with E-state index in [0.29, 0.717) is 0 Å². The van der Waals surface area contributed by atoms with E-state index in [2.05, 4.69) is 34.6 Å². The molecule has 1 heterocycles. The van der Waals surface area contributed by atoms with Crippen LogP contribution in [-0.2, 0) is 4.74 Å². The van der Waals surface area contributed by atoms with Gasteiger partial charge in [0.15, 0.2) is 0 Å². The molecule has 1 N–H and O–H groups in total. The average Bonchev–Trinajstić information content (AvgIpc) is 2.78. The van der Waals surface area contributed by atoms with E-state index < -0.39 is 0 Å². The first-order chi connectivity index (χ1) is 16.3. The number of nitrogens with zero attached hydrogens (tertiary/aromatic N) is 1. The Hall–Kier alpha value is -0.120. The summed E-state index contributed by atoms with van der Waals surface area (Å²) < 4.78 is 6.20. The third kappa shape index (κ3) is 15.1. The zero-order chi connectivity index (χ0) is 25.1. The van der Waals surface area contributed by atoms with Crippen LogP contribution in [0.5, 0.6) is 0 Å². The summed E-state index contributed by atoms with van der Waals surface area (Å²) in [6.07, 6.45) is 30.5. The highest BCUT2D eigenvalue weighted by molar-refractivity contribution is 4.96. The van der Waals surface area contributed by atoms with Crippen LogP contribution in [0, 0.1) is 0 Å². The predicted octanol–water partition coefficient (Wildman–Crippen LogP) is 10.2. The van der Waals surface area contributed by atoms with Gasteiger partial charge in [-0.25, -0.2) is 0 Å². The molecular formula is C31H63NO2. The third-order valence-electron chi connectivity index (χ3n) is 7.95. The monoisotopic (exact) mass is 481 g/mol. The molecule has 0 spiro atoms. The molecule has 1 aliphatic rings. The minimum atomic E-state index is -0.209. The summed E-state index contributed by atoms with van der Waals surface area (Å²) in [5, 5.41) is 11.9. The van der Waals surface area contributed by atoms with Crippen molar-refractivity contribution in [3.05, 3.63) is 0 Å². The van der Waals surface area contributed by atoms with Crippen molar-refractivity contribution in [2.75, 3.05) is 6.61 Å². The van der Waals surface area contributed by atoms with Gasteiger partial charge in [0.05, 0.1) is 6.10 Å². The van der Waals surface area contributed by atoms with Gasteiger partial charge in [-0.15, -0.1) is 0 Å². The topological polar surface area (TPSA) is 32.7 Å². The lowest BCUT2D eigenvalue weighted by molar-refractivity contribution is -0.261. The number of hydroxylamine groups is 2. The lowest BCUT2D eigenvalue weighted by Crippen LogP contribution is -2.60. The van der Waals surface area contributed by atoms with E-state index in [4.69, 9.17) is 4.74 Å². The molecule has 1 rings (SSSR count). The Labute approximate surface area is 214 Å². The van der Waals surface area contributed by atoms with Crippen LogP contribution in [0.3, 0.4) is 0 Å². The molecule has 1 fully saturated rings. The Morgan fingerprint density at radius 1 is 0.559 bits per heavy atom. The molecular weight excluding hydrogens is 418 g/mol. The van der Waals surface area contributed by atoms with Gasteiger partial charge in [-0.2, -0.15) is 5.06 Å². The van der Waals surface area contributed by atoms with Crippen LogP contribution in [-0.4, -0.2) is 34.1 Å². The van der Waals surface area contributed by atoms with E-state index in [1.54, 1.807) is 0 Å². The van der Waals surface area contributed by atoms with Gasteiger partial charge in [0.2, 0.25) is 0 Å². The molecule has 0 unspecified atom stereocenters. The highest BCUT2D eigenvalue weighted by atomic mass is 16.5. The van der Waals surface area contributed by atoms with E-state index in [1.807, 2.05) is 0 Å². The van der Waals surface area contributed by atoms with Gasteiger partial charge < -0.3 is 9.94 Å². The highest BCUT2D eigenvalue weighted by Gasteiger charge is 2.45. The molecule has 3 nitrogen and oxygen atoms in total. The van der Waals surface area contributed by atoms with Crippen molar-refractivity contribution < 1.29 is 9.94 Å². The van der Waals surface area contributed by atoms with Crippen molar-refractivity contribution in [3.8, 4) is 0 Å². The van der Waals surface area contributed by atoms with Crippen LogP contribution in [0.1, 0.15) is 176 Å². The van der Waals surface area contributed by atoms with E-state index in [9.17, 15) is 5.21 Å². The molecule has 1 aliphatic heterocycles. The molecule has 34 heavy (non-hydrogen) atoms. The average molecular weight is 482 g/mol. The number of hydrogen-bond donors (Lipinski definition) is 1. The first kappa shape index (κ1) is 31.9. The second-order valence-corrected chi connectivity index (χ2v) is 12.6. The lowest BCUT2D eigenvalue weighted by Gasteiger charge is -2.51. The largest absolute Gasteiger partial charge is 0.378 e. The van der Waals surface area contributed by atoms with Gasteiger partial charge in [-0.1, -0.05) is 129 Å². The first-order valence-electron chi connectivity index (χ1n) is 15.4. The summed E-state index contributed by atoms with van der Waals surface area (Å²) in [5.41, 5.74) is -0.417.